The third-order valence-electron chi connectivity index (χ3n) is 4.14. The molecule has 2 saturated heterocycles. The van der Waals surface area contributed by atoms with E-state index in [1.807, 2.05) is 0 Å². The van der Waals surface area contributed by atoms with Crippen molar-refractivity contribution in [1.82, 2.24) is 8.61 Å². The molecule has 2 heterocycles. The van der Waals surface area contributed by atoms with Crippen LogP contribution >= 0.6 is 0 Å². The second kappa shape index (κ2) is 6.87. The summed E-state index contributed by atoms with van der Waals surface area (Å²) in [5, 5.41) is 0. The monoisotopic (exact) mass is 304 g/mol. The third-order valence-corrected chi connectivity index (χ3v) is 6.14. The summed E-state index contributed by atoms with van der Waals surface area (Å²) in [4.78, 5) is 11.7. The van der Waals surface area contributed by atoms with Gasteiger partial charge in [-0.05, 0) is 25.7 Å². The van der Waals surface area contributed by atoms with Gasteiger partial charge in [0.25, 0.3) is 10.2 Å². The molecule has 0 radical (unpaired) electrons. The lowest BCUT2D eigenvalue weighted by Gasteiger charge is -2.32. The predicted octanol–water partition coefficient (Wildman–Crippen LogP) is 0.992. The Labute approximate surface area is 121 Å². The van der Waals surface area contributed by atoms with Crippen LogP contribution in [-0.4, -0.2) is 56.3 Å². The zero-order valence-electron chi connectivity index (χ0n) is 12.1. The number of carbonyl (C=O) groups is 1. The number of hydrogen-bond donors (Lipinski definition) is 0. The molecule has 2 aliphatic rings. The van der Waals surface area contributed by atoms with E-state index in [9.17, 15) is 13.2 Å². The Hall–Kier alpha value is -0.660. The van der Waals surface area contributed by atoms with E-state index in [2.05, 4.69) is 0 Å². The quantitative estimate of drug-likeness (QED) is 0.729. The molecule has 2 rings (SSSR count). The molecule has 0 aromatic heterocycles. The first kappa shape index (κ1) is 15.7. The van der Waals surface area contributed by atoms with Crippen LogP contribution < -0.4 is 0 Å². The molecule has 0 aromatic rings. The van der Waals surface area contributed by atoms with Gasteiger partial charge < -0.3 is 4.74 Å². The molecule has 116 valence electrons. The number of ether oxygens (including phenoxy) is 1. The highest BCUT2D eigenvalue weighted by molar-refractivity contribution is 7.86. The van der Waals surface area contributed by atoms with Crippen molar-refractivity contribution < 1.29 is 17.9 Å². The minimum atomic E-state index is -3.42. The molecular formula is C13H24N2O4S. The summed E-state index contributed by atoms with van der Waals surface area (Å²) in [7, 11) is -2.07. The maximum Gasteiger partial charge on any atom is 0.309 e. The number of carbonyl (C=O) groups excluding carboxylic acids is 1. The second-order valence-electron chi connectivity index (χ2n) is 5.54. The van der Waals surface area contributed by atoms with E-state index in [0.29, 0.717) is 26.1 Å². The first-order valence-electron chi connectivity index (χ1n) is 7.39. The first-order valence-corrected chi connectivity index (χ1v) is 8.78. The minimum absolute atomic E-state index is 0.255. The van der Waals surface area contributed by atoms with Gasteiger partial charge in [-0.15, -0.1) is 0 Å². The molecule has 2 fully saturated rings. The molecule has 6 nitrogen and oxygen atoms in total. The fourth-order valence-electron chi connectivity index (χ4n) is 2.93. The fraction of sp³-hybridized carbons (Fsp3) is 0.923. The maximum atomic E-state index is 12.6. The van der Waals surface area contributed by atoms with Crippen molar-refractivity contribution in [1.29, 1.82) is 0 Å². The standard InChI is InChI=1S/C13H24N2O4S/c1-19-13(16)12-7-3-6-10-15(11-12)20(17,18)14-8-4-2-5-9-14/h12H,2-11H2,1H3. The SMILES string of the molecule is COC(=O)C1CCCCN(S(=O)(=O)N2CCCCC2)C1. The van der Waals surface area contributed by atoms with Gasteiger partial charge in [0.05, 0.1) is 13.0 Å². The van der Waals surface area contributed by atoms with Crippen molar-refractivity contribution in [2.75, 3.05) is 33.3 Å². The molecule has 0 spiro atoms. The van der Waals surface area contributed by atoms with Gasteiger partial charge in [0.2, 0.25) is 0 Å². The zero-order valence-corrected chi connectivity index (χ0v) is 12.9. The van der Waals surface area contributed by atoms with Crippen molar-refractivity contribution in [2.24, 2.45) is 5.92 Å². The van der Waals surface area contributed by atoms with Gasteiger partial charge in [-0.3, -0.25) is 4.79 Å². The van der Waals surface area contributed by atoms with Crippen LogP contribution in [0.1, 0.15) is 38.5 Å². The topological polar surface area (TPSA) is 66.9 Å². The minimum Gasteiger partial charge on any atom is -0.469 e. The lowest BCUT2D eigenvalue weighted by atomic mass is 10.0. The highest BCUT2D eigenvalue weighted by atomic mass is 32.2. The average molecular weight is 304 g/mol. The molecule has 0 aliphatic carbocycles. The Morgan fingerprint density at radius 2 is 1.60 bits per heavy atom. The Kier molecular flexibility index (Phi) is 5.40. The maximum absolute atomic E-state index is 12.6. The number of rotatable bonds is 3. The zero-order chi connectivity index (χ0) is 14.6. The van der Waals surface area contributed by atoms with Crippen LogP contribution in [0.15, 0.2) is 0 Å². The summed E-state index contributed by atoms with van der Waals surface area (Å²) in [6.45, 7) is 1.96. The van der Waals surface area contributed by atoms with Crippen LogP contribution in [-0.2, 0) is 19.7 Å². The van der Waals surface area contributed by atoms with Gasteiger partial charge in [-0.1, -0.05) is 12.8 Å². The van der Waals surface area contributed by atoms with E-state index >= 15 is 0 Å². The Morgan fingerprint density at radius 1 is 1.00 bits per heavy atom. The molecule has 0 bridgehead atoms. The van der Waals surface area contributed by atoms with Crippen molar-refractivity contribution in [2.45, 2.75) is 38.5 Å². The van der Waals surface area contributed by atoms with Crippen molar-refractivity contribution >= 4 is 16.2 Å². The summed E-state index contributed by atoms with van der Waals surface area (Å²) in [5.74, 6) is -0.632. The molecule has 0 N–H and O–H groups in total. The van der Waals surface area contributed by atoms with Gasteiger partial charge in [-0.25, -0.2) is 0 Å². The summed E-state index contributed by atoms with van der Waals surface area (Å²) in [6.07, 6.45) is 5.32. The molecule has 20 heavy (non-hydrogen) atoms. The number of piperidine rings is 1. The summed E-state index contributed by atoms with van der Waals surface area (Å²) in [5.41, 5.74) is 0. The van der Waals surface area contributed by atoms with Crippen LogP contribution in [0.2, 0.25) is 0 Å². The van der Waals surface area contributed by atoms with Gasteiger partial charge in [-0.2, -0.15) is 17.0 Å². The largest absolute Gasteiger partial charge is 0.469 e. The highest BCUT2D eigenvalue weighted by Gasteiger charge is 2.35. The predicted molar refractivity (Wildman–Crippen MR) is 75.3 cm³/mol. The van der Waals surface area contributed by atoms with Gasteiger partial charge in [0.1, 0.15) is 0 Å². The molecule has 1 atom stereocenters. The van der Waals surface area contributed by atoms with Crippen LogP contribution in [0.4, 0.5) is 0 Å². The average Bonchev–Trinajstić information content (AvgIpc) is 2.74. The highest BCUT2D eigenvalue weighted by Crippen LogP contribution is 2.23. The number of esters is 1. The smallest absolute Gasteiger partial charge is 0.309 e. The molecule has 7 heteroatoms. The molecule has 0 aromatic carbocycles. The van der Waals surface area contributed by atoms with Gasteiger partial charge in [0.15, 0.2) is 0 Å². The van der Waals surface area contributed by atoms with E-state index < -0.39 is 10.2 Å². The van der Waals surface area contributed by atoms with Crippen LogP contribution in [0, 0.1) is 5.92 Å². The molecule has 2 aliphatic heterocycles. The number of hydrogen-bond acceptors (Lipinski definition) is 4. The molecular weight excluding hydrogens is 280 g/mol. The van der Waals surface area contributed by atoms with E-state index in [-0.39, 0.29) is 18.4 Å². The lowest BCUT2D eigenvalue weighted by molar-refractivity contribution is -0.145. The van der Waals surface area contributed by atoms with E-state index in [1.165, 1.54) is 11.4 Å². The Morgan fingerprint density at radius 3 is 2.25 bits per heavy atom. The first-order chi connectivity index (χ1) is 9.55. The van der Waals surface area contributed by atoms with E-state index in [0.717, 1.165) is 32.1 Å². The summed E-state index contributed by atoms with van der Waals surface area (Å²) in [6, 6.07) is 0. The van der Waals surface area contributed by atoms with Crippen molar-refractivity contribution in [3.63, 3.8) is 0 Å². The third kappa shape index (κ3) is 3.51. The second-order valence-corrected chi connectivity index (χ2v) is 7.47. The fourth-order valence-corrected chi connectivity index (χ4v) is 4.71. The van der Waals surface area contributed by atoms with E-state index in [1.54, 1.807) is 4.31 Å². The van der Waals surface area contributed by atoms with Crippen LogP contribution in [0.3, 0.4) is 0 Å². The summed E-state index contributed by atoms with van der Waals surface area (Å²) < 4.78 is 33.1. The van der Waals surface area contributed by atoms with E-state index in [4.69, 9.17) is 4.74 Å². The van der Waals surface area contributed by atoms with Gasteiger partial charge >= 0.3 is 5.97 Å². The number of methoxy groups -OCH3 is 1. The van der Waals surface area contributed by atoms with Crippen LogP contribution in [0.5, 0.6) is 0 Å². The van der Waals surface area contributed by atoms with Gasteiger partial charge in [0, 0.05) is 26.2 Å². The van der Waals surface area contributed by atoms with Crippen molar-refractivity contribution in [3.05, 3.63) is 0 Å². The Balaban J connectivity index is 2.10. The molecule has 0 saturated carbocycles. The molecule has 1 unspecified atom stereocenters. The van der Waals surface area contributed by atoms with Crippen LogP contribution in [0.25, 0.3) is 0 Å². The Bertz CT molecular complexity index is 432. The lowest BCUT2D eigenvalue weighted by Crippen LogP contribution is -2.47. The summed E-state index contributed by atoms with van der Waals surface area (Å²) >= 11 is 0. The number of nitrogens with zero attached hydrogens (tertiary/aromatic N) is 2. The molecule has 0 amide bonds. The van der Waals surface area contributed by atoms with Crippen molar-refractivity contribution in [3.8, 4) is 0 Å². The normalized spacial score (nSPS) is 26.9.